The van der Waals surface area contributed by atoms with Crippen LogP contribution >= 0.6 is 0 Å². The average molecular weight is 382 g/mol. The summed E-state index contributed by atoms with van der Waals surface area (Å²) in [4.78, 5) is 32.5. The number of carbonyl (C=O) groups excluding carboxylic acids is 2. The highest BCUT2D eigenvalue weighted by Gasteiger charge is 2.28. The van der Waals surface area contributed by atoms with Crippen molar-refractivity contribution >= 4 is 17.6 Å². The highest BCUT2D eigenvalue weighted by molar-refractivity contribution is 5.93. The lowest BCUT2D eigenvalue weighted by molar-refractivity contribution is -0.121. The van der Waals surface area contributed by atoms with Crippen molar-refractivity contribution < 1.29 is 9.59 Å². The van der Waals surface area contributed by atoms with Crippen LogP contribution in [0, 0.1) is 5.92 Å². The van der Waals surface area contributed by atoms with E-state index in [0.717, 1.165) is 17.1 Å². The first kappa shape index (κ1) is 18.5. The van der Waals surface area contributed by atoms with Crippen molar-refractivity contribution in [1.82, 2.24) is 25.0 Å². The number of amides is 3. The molecule has 8 heteroatoms. The molecule has 1 saturated heterocycles. The first-order valence-corrected chi connectivity index (χ1v) is 9.81. The molecular formula is C20H26N6O2. The highest BCUT2D eigenvalue weighted by atomic mass is 16.2. The van der Waals surface area contributed by atoms with Crippen molar-refractivity contribution in [3.8, 4) is 11.4 Å². The molecule has 1 saturated carbocycles. The molecule has 1 aromatic heterocycles. The fourth-order valence-corrected chi connectivity index (χ4v) is 3.51. The summed E-state index contributed by atoms with van der Waals surface area (Å²) in [5.74, 6) is 2.14. The standard InChI is InChI=1S/C20H26N6O2/c1-25(2)20(28)26-11-9-15(10-12-26)19(27)21-16-7-5-14(6-8-16)18-22-17(23-24-18)13-3-4-13/h5-8,13,15H,3-4,9-12H2,1-2H3,(H,21,27)(H,22,23,24). The number of nitrogens with one attached hydrogen (secondary N) is 2. The molecular weight excluding hydrogens is 356 g/mol. The molecule has 0 bridgehead atoms. The van der Waals surface area contributed by atoms with Gasteiger partial charge in [-0.1, -0.05) is 0 Å². The maximum absolute atomic E-state index is 12.6. The predicted octanol–water partition coefficient (Wildman–Crippen LogP) is 2.68. The molecule has 28 heavy (non-hydrogen) atoms. The van der Waals surface area contributed by atoms with E-state index >= 15 is 0 Å². The van der Waals surface area contributed by atoms with Crippen molar-refractivity contribution in [1.29, 1.82) is 0 Å². The maximum Gasteiger partial charge on any atom is 0.319 e. The molecule has 1 aliphatic carbocycles. The third kappa shape index (κ3) is 4.00. The lowest BCUT2D eigenvalue weighted by Crippen LogP contribution is -2.45. The van der Waals surface area contributed by atoms with Gasteiger partial charge in [0.25, 0.3) is 0 Å². The summed E-state index contributed by atoms with van der Waals surface area (Å²) in [6.45, 7) is 1.23. The van der Waals surface area contributed by atoms with Gasteiger partial charge >= 0.3 is 6.03 Å². The number of hydrogen-bond donors (Lipinski definition) is 2. The summed E-state index contributed by atoms with van der Waals surface area (Å²) in [6, 6.07) is 7.61. The van der Waals surface area contributed by atoms with E-state index in [1.165, 1.54) is 12.8 Å². The lowest BCUT2D eigenvalue weighted by Gasteiger charge is -2.33. The van der Waals surface area contributed by atoms with Crippen LogP contribution in [-0.2, 0) is 4.79 Å². The number of rotatable bonds is 4. The minimum absolute atomic E-state index is 0.00580. The van der Waals surface area contributed by atoms with Gasteiger partial charge in [0.05, 0.1) is 0 Å². The summed E-state index contributed by atoms with van der Waals surface area (Å²) >= 11 is 0. The van der Waals surface area contributed by atoms with Crippen molar-refractivity contribution in [3.63, 3.8) is 0 Å². The zero-order valence-corrected chi connectivity index (χ0v) is 16.3. The monoisotopic (exact) mass is 382 g/mol. The number of H-pyrrole nitrogens is 1. The number of benzene rings is 1. The largest absolute Gasteiger partial charge is 0.331 e. The Kier molecular flexibility index (Phi) is 5.02. The lowest BCUT2D eigenvalue weighted by atomic mass is 9.96. The molecule has 1 aromatic carbocycles. The molecule has 3 amide bonds. The quantitative estimate of drug-likeness (QED) is 0.850. The summed E-state index contributed by atoms with van der Waals surface area (Å²) in [6.07, 6.45) is 3.74. The molecule has 0 unspecified atom stereocenters. The van der Waals surface area contributed by atoms with E-state index in [1.807, 2.05) is 24.3 Å². The topological polar surface area (TPSA) is 94.2 Å². The summed E-state index contributed by atoms with van der Waals surface area (Å²) < 4.78 is 0. The number of nitrogens with zero attached hydrogens (tertiary/aromatic N) is 4. The van der Waals surface area contributed by atoms with Crippen LogP contribution < -0.4 is 5.32 Å². The molecule has 0 atom stereocenters. The summed E-state index contributed by atoms with van der Waals surface area (Å²) in [5.41, 5.74) is 1.69. The summed E-state index contributed by atoms with van der Waals surface area (Å²) in [5, 5.41) is 10.3. The number of carbonyl (C=O) groups is 2. The predicted molar refractivity (Wildman–Crippen MR) is 106 cm³/mol. The van der Waals surface area contributed by atoms with Crippen molar-refractivity contribution in [2.45, 2.75) is 31.6 Å². The Hall–Kier alpha value is -2.90. The molecule has 1 aliphatic heterocycles. The molecule has 2 aromatic rings. The first-order valence-electron chi connectivity index (χ1n) is 9.81. The smallest absolute Gasteiger partial charge is 0.319 e. The van der Waals surface area contributed by atoms with Crippen LogP contribution in [0.15, 0.2) is 24.3 Å². The van der Waals surface area contributed by atoms with Gasteiger partial charge in [0.1, 0.15) is 5.82 Å². The zero-order chi connectivity index (χ0) is 19.7. The van der Waals surface area contributed by atoms with E-state index in [4.69, 9.17) is 0 Å². The van der Waals surface area contributed by atoms with Gasteiger partial charge in [-0.3, -0.25) is 9.89 Å². The number of hydrogen-bond acceptors (Lipinski definition) is 4. The number of anilines is 1. The first-order chi connectivity index (χ1) is 13.5. The maximum atomic E-state index is 12.6. The molecule has 2 N–H and O–H groups in total. The van der Waals surface area contributed by atoms with Crippen LogP contribution in [0.25, 0.3) is 11.4 Å². The Balaban J connectivity index is 1.31. The van der Waals surface area contributed by atoms with E-state index in [9.17, 15) is 9.59 Å². The van der Waals surface area contributed by atoms with Gasteiger partial charge in [-0.2, -0.15) is 5.10 Å². The van der Waals surface area contributed by atoms with Crippen molar-refractivity contribution in [3.05, 3.63) is 30.1 Å². The van der Waals surface area contributed by atoms with Crippen LogP contribution in [0.3, 0.4) is 0 Å². The molecule has 4 rings (SSSR count). The third-order valence-electron chi connectivity index (χ3n) is 5.40. The van der Waals surface area contributed by atoms with E-state index in [1.54, 1.807) is 23.9 Å². The number of likely N-dealkylation sites (tertiary alicyclic amines) is 1. The van der Waals surface area contributed by atoms with Gasteiger partial charge in [-0.25, -0.2) is 9.78 Å². The van der Waals surface area contributed by atoms with Gasteiger partial charge in [0.15, 0.2) is 5.82 Å². The Labute approximate surface area is 164 Å². The highest BCUT2D eigenvalue weighted by Crippen LogP contribution is 2.38. The second kappa shape index (κ2) is 7.61. The Morgan fingerprint density at radius 2 is 1.79 bits per heavy atom. The minimum Gasteiger partial charge on any atom is -0.331 e. The van der Waals surface area contributed by atoms with Gasteiger partial charge in [-0.15, -0.1) is 0 Å². The van der Waals surface area contributed by atoms with E-state index < -0.39 is 0 Å². The fraction of sp³-hybridized carbons (Fsp3) is 0.500. The average Bonchev–Trinajstić information content (AvgIpc) is 3.45. The second-order valence-corrected chi connectivity index (χ2v) is 7.82. The number of aromatic amines is 1. The van der Waals surface area contributed by atoms with Crippen LogP contribution in [0.5, 0.6) is 0 Å². The fourth-order valence-electron chi connectivity index (χ4n) is 3.51. The Bertz CT molecular complexity index is 848. The Morgan fingerprint density at radius 1 is 1.11 bits per heavy atom. The Morgan fingerprint density at radius 3 is 2.39 bits per heavy atom. The third-order valence-corrected chi connectivity index (χ3v) is 5.40. The van der Waals surface area contributed by atoms with Crippen molar-refractivity contribution in [2.24, 2.45) is 5.92 Å². The molecule has 2 aliphatic rings. The number of aromatic nitrogens is 3. The van der Waals surface area contributed by atoms with Gasteiger partial charge in [-0.05, 0) is 49.9 Å². The van der Waals surface area contributed by atoms with Crippen LogP contribution in [-0.4, -0.2) is 64.1 Å². The van der Waals surface area contributed by atoms with E-state index in [0.29, 0.717) is 37.7 Å². The van der Waals surface area contributed by atoms with Crippen LogP contribution in [0.1, 0.15) is 37.4 Å². The molecule has 0 radical (unpaired) electrons. The van der Waals surface area contributed by atoms with Gasteiger partial charge in [0, 0.05) is 50.3 Å². The van der Waals surface area contributed by atoms with Crippen LogP contribution in [0.4, 0.5) is 10.5 Å². The molecule has 2 heterocycles. The molecule has 2 fully saturated rings. The SMILES string of the molecule is CN(C)C(=O)N1CCC(C(=O)Nc2ccc(-c3n[nH]c(C4CC4)n3)cc2)CC1. The normalized spacial score (nSPS) is 17.4. The van der Waals surface area contributed by atoms with E-state index in [-0.39, 0.29) is 17.9 Å². The molecule has 8 nitrogen and oxygen atoms in total. The van der Waals surface area contributed by atoms with Crippen molar-refractivity contribution in [2.75, 3.05) is 32.5 Å². The number of piperidine rings is 1. The second-order valence-electron chi connectivity index (χ2n) is 7.82. The molecule has 148 valence electrons. The number of urea groups is 1. The van der Waals surface area contributed by atoms with Crippen LogP contribution in [0.2, 0.25) is 0 Å². The minimum atomic E-state index is -0.0694. The van der Waals surface area contributed by atoms with Gasteiger partial charge in [0.2, 0.25) is 5.91 Å². The van der Waals surface area contributed by atoms with E-state index in [2.05, 4.69) is 20.5 Å². The summed E-state index contributed by atoms with van der Waals surface area (Å²) in [7, 11) is 3.49. The molecule has 0 spiro atoms. The van der Waals surface area contributed by atoms with Gasteiger partial charge < -0.3 is 15.1 Å². The zero-order valence-electron chi connectivity index (χ0n) is 16.3.